The van der Waals surface area contributed by atoms with Gasteiger partial charge in [0.2, 0.25) is 5.91 Å². The molecule has 2 atom stereocenters. The maximum atomic E-state index is 12.9. The van der Waals surface area contributed by atoms with Gasteiger partial charge in [0, 0.05) is 13.1 Å². The fraction of sp³-hybridized carbons (Fsp3) is 0.632. The number of hydrogen-bond donors (Lipinski definition) is 2. The lowest BCUT2D eigenvalue weighted by Crippen LogP contribution is -2.48. The normalized spacial score (nSPS) is 24.8. The molecule has 1 amide bonds. The Morgan fingerprint density at radius 1 is 1.32 bits per heavy atom. The minimum Gasteiger partial charge on any atom is -0.497 e. The van der Waals surface area contributed by atoms with Crippen molar-refractivity contribution in [3.05, 3.63) is 23.8 Å². The van der Waals surface area contributed by atoms with E-state index in [0.717, 1.165) is 49.4 Å². The van der Waals surface area contributed by atoms with Gasteiger partial charge in [-0.15, -0.1) is 12.4 Å². The van der Waals surface area contributed by atoms with Crippen molar-refractivity contribution < 1.29 is 14.3 Å². The summed E-state index contributed by atoms with van der Waals surface area (Å²) in [6.07, 6.45) is 5.33. The maximum absolute atomic E-state index is 12.9. The highest BCUT2D eigenvalue weighted by Crippen LogP contribution is 2.43. The Kier molecular flexibility index (Phi) is 6.96. The Labute approximate surface area is 156 Å². The first-order valence-electron chi connectivity index (χ1n) is 8.89. The summed E-state index contributed by atoms with van der Waals surface area (Å²) in [6.45, 7) is 2.43. The van der Waals surface area contributed by atoms with Crippen molar-refractivity contribution >= 4 is 18.3 Å². The van der Waals surface area contributed by atoms with Crippen LogP contribution in [0.3, 0.4) is 0 Å². The lowest BCUT2D eigenvalue weighted by molar-refractivity contribution is -0.133. The minimum absolute atomic E-state index is 0. The van der Waals surface area contributed by atoms with Gasteiger partial charge in [-0.25, -0.2) is 0 Å². The van der Waals surface area contributed by atoms with Crippen molar-refractivity contribution in [1.82, 2.24) is 10.6 Å². The van der Waals surface area contributed by atoms with Gasteiger partial charge < -0.3 is 20.1 Å². The Morgan fingerprint density at radius 2 is 2.16 bits per heavy atom. The van der Waals surface area contributed by atoms with Gasteiger partial charge in [0.05, 0.1) is 19.6 Å². The molecule has 5 nitrogen and oxygen atoms in total. The highest BCUT2D eigenvalue weighted by atomic mass is 35.5. The summed E-state index contributed by atoms with van der Waals surface area (Å²) in [5, 5.41) is 6.61. The van der Waals surface area contributed by atoms with Crippen LogP contribution in [0.1, 0.15) is 31.2 Å². The predicted molar refractivity (Wildman–Crippen MR) is 101 cm³/mol. The van der Waals surface area contributed by atoms with E-state index in [-0.39, 0.29) is 23.7 Å². The minimum atomic E-state index is -0.184. The molecule has 6 heteroatoms. The van der Waals surface area contributed by atoms with Gasteiger partial charge >= 0.3 is 0 Å². The standard InChI is InChI=1S/C19H28N2O3.ClH/c1-23-16-6-7-17(24-2)14(11-16)8-10-21-18(22)19-9-4-3-5-15(19)12-20-13-19;/h6-7,11,15,20H,3-5,8-10,12-13H2,1-2H3,(H,21,22);1H/t15-,19+;/m0./s1. The van der Waals surface area contributed by atoms with E-state index >= 15 is 0 Å². The second-order valence-corrected chi connectivity index (χ2v) is 6.91. The molecule has 1 aromatic rings. The highest BCUT2D eigenvalue weighted by molar-refractivity contribution is 5.85. The third-order valence-corrected chi connectivity index (χ3v) is 5.66. The van der Waals surface area contributed by atoms with Crippen molar-refractivity contribution in [3.8, 4) is 11.5 Å². The Hall–Kier alpha value is -1.46. The fourth-order valence-electron chi connectivity index (χ4n) is 4.25. The van der Waals surface area contributed by atoms with Crippen LogP contribution in [0.4, 0.5) is 0 Å². The molecule has 2 aliphatic rings. The number of ether oxygens (including phenoxy) is 2. The van der Waals surface area contributed by atoms with Crippen molar-refractivity contribution in [2.75, 3.05) is 33.9 Å². The van der Waals surface area contributed by atoms with E-state index in [1.807, 2.05) is 18.2 Å². The molecule has 1 aliphatic carbocycles. The Balaban J connectivity index is 0.00000225. The van der Waals surface area contributed by atoms with Gasteiger partial charge in [-0.05, 0) is 55.5 Å². The van der Waals surface area contributed by atoms with Crippen LogP contribution in [-0.4, -0.2) is 39.8 Å². The zero-order valence-corrected chi connectivity index (χ0v) is 15.9. The maximum Gasteiger partial charge on any atom is 0.227 e. The lowest BCUT2D eigenvalue weighted by Gasteiger charge is -2.37. The first-order chi connectivity index (χ1) is 11.7. The monoisotopic (exact) mass is 368 g/mol. The van der Waals surface area contributed by atoms with Gasteiger partial charge in [-0.3, -0.25) is 4.79 Å². The van der Waals surface area contributed by atoms with Crippen LogP contribution in [-0.2, 0) is 11.2 Å². The summed E-state index contributed by atoms with van der Waals surface area (Å²) in [4.78, 5) is 12.9. The molecule has 1 saturated carbocycles. The van der Waals surface area contributed by atoms with Crippen LogP contribution in [0.25, 0.3) is 0 Å². The van der Waals surface area contributed by atoms with Gasteiger partial charge in [-0.2, -0.15) is 0 Å². The van der Waals surface area contributed by atoms with Gasteiger partial charge in [-0.1, -0.05) is 12.8 Å². The fourth-order valence-corrected chi connectivity index (χ4v) is 4.25. The molecular weight excluding hydrogens is 340 g/mol. The number of halogens is 1. The van der Waals surface area contributed by atoms with Crippen molar-refractivity contribution in [2.24, 2.45) is 11.3 Å². The van der Waals surface area contributed by atoms with Crippen LogP contribution in [0, 0.1) is 11.3 Å². The van der Waals surface area contributed by atoms with Crippen LogP contribution in [0.2, 0.25) is 0 Å². The molecule has 0 unspecified atom stereocenters. The number of hydrogen-bond acceptors (Lipinski definition) is 4. The number of benzene rings is 1. The van der Waals surface area contributed by atoms with E-state index in [9.17, 15) is 4.79 Å². The van der Waals surface area contributed by atoms with Crippen molar-refractivity contribution in [2.45, 2.75) is 32.1 Å². The SMILES string of the molecule is COc1ccc(OC)c(CCNC(=O)[C@@]23CCCC[C@H]2CNC3)c1.Cl. The second kappa shape index (κ2) is 8.77. The molecule has 1 saturated heterocycles. The van der Waals surface area contributed by atoms with Crippen LogP contribution >= 0.6 is 12.4 Å². The molecule has 1 aromatic carbocycles. The number of carbonyl (C=O) groups is 1. The Bertz CT molecular complexity index is 596. The molecule has 0 radical (unpaired) electrons. The number of fused-ring (bicyclic) bond motifs is 1. The molecule has 2 N–H and O–H groups in total. The first-order valence-corrected chi connectivity index (χ1v) is 8.89. The zero-order valence-electron chi connectivity index (χ0n) is 15.1. The summed E-state index contributed by atoms with van der Waals surface area (Å²) in [7, 11) is 3.32. The third kappa shape index (κ3) is 4.04. The molecule has 3 rings (SSSR count). The Morgan fingerprint density at radius 3 is 2.92 bits per heavy atom. The summed E-state index contributed by atoms with van der Waals surface area (Å²) in [6, 6.07) is 5.77. The summed E-state index contributed by atoms with van der Waals surface area (Å²) >= 11 is 0. The van der Waals surface area contributed by atoms with Crippen LogP contribution in [0.5, 0.6) is 11.5 Å². The van der Waals surface area contributed by atoms with Crippen molar-refractivity contribution in [3.63, 3.8) is 0 Å². The molecule has 2 fully saturated rings. The average Bonchev–Trinajstić information content (AvgIpc) is 3.06. The molecular formula is C19H29ClN2O3. The topological polar surface area (TPSA) is 59.6 Å². The third-order valence-electron chi connectivity index (χ3n) is 5.66. The van der Waals surface area contributed by atoms with Gasteiger partial charge in [0.25, 0.3) is 0 Å². The van der Waals surface area contributed by atoms with E-state index < -0.39 is 0 Å². The molecule has 0 spiro atoms. The summed E-state index contributed by atoms with van der Waals surface area (Å²) in [5.41, 5.74) is 0.871. The van der Waals surface area contributed by atoms with Crippen molar-refractivity contribution in [1.29, 1.82) is 0 Å². The van der Waals surface area contributed by atoms with Gasteiger partial charge in [0.15, 0.2) is 0 Å². The molecule has 140 valence electrons. The molecule has 0 aromatic heterocycles. The lowest BCUT2D eigenvalue weighted by atomic mass is 9.67. The van der Waals surface area contributed by atoms with E-state index in [1.165, 1.54) is 12.8 Å². The smallest absolute Gasteiger partial charge is 0.227 e. The van der Waals surface area contributed by atoms with E-state index in [1.54, 1.807) is 14.2 Å². The predicted octanol–water partition coefficient (Wildman–Crippen LogP) is 2.56. The highest BCUT2D eigenvalue weighted by Gasteiger charge is 2.49. The summed E-state index contributed by atoms with van der Waals surface area (Å²) in [5.74, 6) is 2.36. The number of rotatable bonds is 6. The quantitative estimate of drug-likeness (QED) is 0.810. The average molecular weight is 369 g/mol. The van der Waals surface area contributed by atoms with E-state index in [4.69, 9.17) is 9.47 Å². The molecule has 1 aliphatic heterocycles. The zero-order chi connectivity index (χ0) is 17.0. The summed E-state index contributed by atoms with van der Waals surface area (Å²) < 4.78 is 10.7. The number of amides is 1. The first kappa shape index (κ1) is 19.9. The van der Waals surface area contributed by atoms with E-state index in [0.29, 0.717) is 12.5 Å². The van der Waals surface area contributed by atoms with Crippen LogP contribution in [0.15, 0.2) is 18.2 Å². The van der Waals surface area contributed by atoms with Gasteiger partial charge in [0.1, 0.15) is 11.5 Å². The molecule has 0 bridgehead atoms. The second-order valence-electron chi connectivity index (χ2n) is 6.91. The molecule has 1 heterocycles. The molecule has 25 heavy (non-hydrogen) atoms. The number of methoxy groups -OCH3 is 2. The van der Waals surface area contributed by atoms with E-state index in [2.05, 4.69) is 10.6 Å². The largest absolute Gasteiger partial charge is 0.497 e. The van der Waals surface area contributed by atoms with Crippen LogP contribution < -0.4 is 20.1 Å². The number of carbonyl (C=O) groups excluding carboxylic acids is 1. The number of nitrogens with one attached hydrogen (secondary N) is 2.